The van der Waals surface area contributed by atoms with Crippen LogP contribution in [0.3, 0.4) is 0 Å². The summed E-state index contributed by atoms with van der Waals surface area (Å²) in [4.78, 5) is 22.7. The van der Waals surface area contributed by atoms with Gasteiger partial charge in [0.15, 0.2) is 0 Å². The maximum absolute atomic E-state index is 11.6. The van der Waals surface area contributed by atoms with Gasteiger partial charge in [-0.25, -0.2) is 14.8 Å². The number of benzene rings is 2. The van der Waals surface area contributed by atoms with Crippen LogP contribution in [-0.4, -0.2) is 34.1 Å². The Morgan fingerprint density at radius 3 is 2.48 bits per heavy atom. The van der Waals surface area contributed by atoms with Gasteiger partial charge in [-0.2, -0.15) is 0 Å². The standard InChI is InChI=1S/C25H27N3O3/c1-18-7-9-21(10-8-18)31-17-23-22(24(29)30)16-26-25(27-23)28-13-11-20(12-14-28)15-19-5-3-2-4-6-19/h2-10,16,20H,11-15,17H2,1H3,(H,29,30). The first-order valence-corrected chi connectivity index (χ1v) is 10.7. The van der Waals surface area contributed by atoms with Gasteiger partial charge in [-0.1, -0.05) is 48.0 Å². The highest BCUT2D eigenvalue weighted by Gasteiger charge is 2.23. The van der Waals surface area contributed by atoms with E-state index in [-0.39, 0.29) is 12.2 Å². The summed E-state index contributed by atoms with van der Waals surface area (Å²) in [6.45, 7) is 3.82. The van der Waals surface area contributed by atoms with Gasteiger partial charge in [-0.3, -0.25) is 0 Å². The van der Waals surface area contributed by atoms with Gasteiger partial charge in [0, 0.05) is 19.3 Å². The summed E-state index contributed by atoms with van der Waals surface area (Å²) in [7, 11) is 0. The topological polar surface area (TPSA) is 75.5 Å². The fourth-order valence-electron chi connectivity index (χ4n) is 3.92. The molecule has 1 aromatic heterocycles. The van der Waals surface area contributed by atoms with E-state index in [4.69, 9.17) is 4.74 Å². The number of anilines is 1. The number of carboxylic acid groups (broad SMARTS) is 1. The van der Waals surface area contributed by atoms with Crippen LogP contribution in [0, 0.1) is 12.8 Å². The van der Waals surface area contributed by atoms with Crippen LogP contribution in [0.5, 0.6) is 5.75 Å². The summed E-state index contributed by atoms with van der Waals surface area (Å²) in [6.07, 6.45) is 4.61. The van der Waals surface area contributed by atoms with Crippen LogP contribution in [-0.2, 0) is 13.0 Å². The highest BCUT2D eigenvalue weighted by Crippen LogP contribution is 2.25. The lowest BCUT2D eigenvalue weighted by molar-refractivity contribution is 0.0692. The summed E-state index contributed by atoms with van der Waals surface area (Å²) < 4.78 is 5.79. The molecule has 0 bridgehead atoms. The number of carbonyl (C=O) groups is 1. The molecular formula is C25H27N3O3. The first-order valence-electron chi connectivity index (χ1n) is 10.7. The molecule has 3 aromatic rings. The third kappa shape index (κ3) is 5.40. The zero-order valence-electron chi connectivity index (χ0n) is 17.7. The number of aromatic carboxylic acids is 1. The highest BCUT2D eigenvalue weighted by molar-refractivity contribution is 5.88. The molecule has 4 rings (SSSR count). The summed E-state index contributed by atoms with van der Waals surface area (Å²) in [5.41, 5.74) is 2.98. The lowest BCUT2D eigenvalue weighted by Gasteiger charge is -2.32. The Hall–Kier alpha value is -3.41. The average molecular weight is 418 g/mol. The van der Waals surface area contributed by atoms with Gasteiger partial charge in [0.25, 0.3) is 0 Å². The second kappa shape index (κ2) is 9.60. The molecule has 160 valence electrons. The molecule has 1 fully saturated rings. The van der Waals surface area contributed by atoms with Crippen molar-refractivity contribution in [2.45, 2.75) is 32.8 Å². The number of nitrogens with zero attached hydrogens (tertiary/aromatic N) is 3. The minimum Gasteiger partial charge on any atom is -0.487 e. The fraction of sp³-hybridized carbons (Fsp3) is 0.320. The number of carboxylic acids is 1. The van der Waals surface area contributed by atoms with Crippen LogP contribution in [0.15, 0.2) is 60.8 Å². The zero-order valence-corrected chi connectivity index (χ0v) is 17.7. The molecule has 0 aliphatic carbocycles. The van der Waals surface area contributed by atoms with Crippen LogP contribution in [0.2, 0.25) is 0 Å². The quantitative estimate of drug-likeness (QED) is 0.609. The molecule has 1 N–H and O–H groups in total. The number of ether oxygens (including phenoxy) is 1. The van der Waals surface area contributed by atoms with Gasteiger partial charge < -0.3 is 14.7 Å². The van der Waals surface area contributed by atoms with Gasteiger partial charge in [0.1, 0.15) is 17.9 Å². The normalized spacial score (nSPS) is 14.4. The molecule has 6 heteroatoms. The Bertz CT molecular complexity index is 1010. The third-order valence-corrected chi connectivity index (χ3v) is 5.75. The van der Waals surface area contributed by atoms with Crippen LogP contribution in [0.4, 0.5) is 5.95 Å². The van der Waals surface area contributed by atoms with Crippen molar-refractivity contribution in [3.63, 3.8) is 0 Å². The summed E-state index contributed by atoms with van der Waals surface area (Å²) in [6, 6.07) is 18.2. The van der Waals surface area contributed by atoms with E-state index >= 15 is 0 Å². The second-order valence-electron chi connectivity index (χ2n) is 8.06. The van der Waals surface area contributed by atoms with E-state index in [9.17, 15) is 9.90 Å². The number of hydrogen-bond acceptors (Lipinski definition) is 5. The van der Waals surface area contributed by atoms with Crippen molar-refractivity contribution >= 4 is 11.9 Å². The first-order chi connectivity index (χ1) is 15.1. The number of piperidine rings is 1. The first kappa shape index (κ1) is 20.8. The summed E-state index contributed by atoms with van der Waals surface area (Å²) >= 11 is 0. The maximum atomic E-state index is 11.6. The monoisotopic (exact) mass is 417 g/mol. The van der Waals surface area contributed by atoms with Crippen molar-refractivity contribution < 1.29 is 14.6 Å². The minimum atomic E-state index is -1.05. The number of aryl methyl sites for hydroxylation is 1. The van der Waals surface area contributed by atoms with E-state index in [2.05, 4.69) is 39.1 Å². The summed E-state index contributed by atoms with van der Waals surface area (Å²) in [5, 5.41) is 9.53. The lowest BCUT2D eigenvalue weighted by Crippen LogP contribution is -2.35. The molecule has 1 aliphatic rings. The molecule has 1 saturated heterocycles. The Balaban J connectivity index is 1.42. The predicted molar refractivity (Wildman–Crippen MR) is 120 cm³/mol. The SMILES string of the molecule is Cc1ccc(OCc2nc(N3CCC(Cc4ccccc4)CC3)ncc2C(=O)O)cc1. The predicted octanol–water partition coefficient (Wildman–Crippen LogP) is 4.52. The van der Waals surface area contributed by atoms with Crippen molar-refractivity contribution in [1.29, 1.82) is 0 Å². The molecule has 0 radical (unpaired) electrons. The van der Waals surface area contributed by atoms with Gasteiger partial charge in [-0.05, 0) is 49.8 Å². The van der Waals surface area contributed by atoms with Gasteiger partial charge in [0.2, 0.25) is 5.95 Å². The van der Waals surface area contributed by atoms with Crippen LogP contribution in [0.25, 0.3) is 0 Å². The minimum absolute atomic E-state index is 0.0785. The Kier molecular flexibility index (Phi) is 6.46. The molecular weight excluding hydrogens is 390 g/mol. The smallest absolute Gasteiger partial charge is 0.339 e. The molecule has 0 amide bonds. The molecule has 0 spiro atoms. The lowest BCUT2D eigenvalue weighted by atomic mass is 9.90. The van der Waals surface area contributed by atoms with E-state index in [1.165, 1.54) is 11.8 Å². The Labute approximate surface area is 182 Å². The van der Waals surface area contributed by atoms with Crippen molar-refractivity contribution in [3.8, 4) is 5.75 Å². The van der Waals surface area contributed by atoms with E-state index in [1.54, 1.807) is 0 Å². The second-order valence-corrected chi connectivity index (χ2v) is 8.06. The highest BCUT2D eigenvalue weighted by atomic mass is 16.5. The third-order valence-electron chi connectivity index (χ3n) is 5.75. The maximum Gasteiger partial charge on any atom is 0.339 e. The average Bonchev–Trinajstić information content (AvgIpc) is 2.79. The molecule has 2 aromatic carbocycles. The van der Waals surface area contributed by atoms with E-state index in [0.717, 1.165) is 37.9 Å². The Morgan fingerprint density at radius 2 is 1.81 bits per heavy atom. The van der Waals surface area contributed by atoms with Gasteiger partial charge >= 0.3 is 5.97 Å². The van der Waals surface area contributed by atoms with Crippen molar-refractivity contribution in [2.75, 3.05) is 18.0 Å². The van der Waals surface area contributed by atoms with E-state index in [0.29, 0.717) is 23.3 Å². The van der Waals surface area contributed by atoms with Crippen molar-refractivity contribution in [3.05, 3.63) is 83.2 Å². The number of hydrogen-bond donors (Lipinski definition) is 1. The van der Waals surface area contributed by atoms with E-state index in [1.807, 2.05) is 37.3 Å². The number of rotatable bonds is 7. The molecule has 0 saturated carbocycles. The number of aromatic nitrogens is 2. The molecule has 31 heavy (non-hydrogen) atoms. The van der Waals surface area contributed by atoms with Crippen LogP contribution in [0.1, 0.15) is 40.0 Å². The van der Waals surface area contributed by atoms with Crippen LogP contribution < -0.4 is 9.64 Å². The van der Waals surface area contributed by atoms with Crippen LogP contribution >= 0.6 is 0 Å². The molecule has 2 heterocycles. The molecule has 1 aliphatic heterocycles. The van der Waals surface area contributed by atoms with Gasteiger partial charge in [-0.15, -0.1) is 0 Å². The summed E-state index contributed by atoms with van der Waals surface area (Å²) in [5.74, 6) is 0.853. The fourth-order valence-corrected chi connectivity index (χ4v) is 3.92. The largest absolute Gasteiger partial charge is 0.487 e. The molecule has 0 unspecified atom stereocenters. The molecule has 0 atom stereocenters. The van der Waals surface area contributed by atoms with E-state index < -0.39 is 5.97 Å². The zero-order chi connectivity index (χ0) is 21.6. The molecule has 6 nitrogen and oxygen atoms in total. The van der Waals surface area contributed by atoms with Crippen molar-refractivity contribution in [1.82, 2.24) is 9.97 Å². The van der Waals surface area contributed by atoms with Gasteiger partial charge in [0.05, 0.1) is 5.69 Å². The Morgan fingerprint density at radius 1 is 1.10 bits per heavy atom. The van der Waals surface area contributed by atoms with Crippen molar-refractivity contribution in [2.24, 2.45) is 5.92 Å².